The zero-order valence-corrected chi connectivity index (χ0v) is 10.1. The second-order valence-electron chi connectivity index (χ2n) is 4.01. The van der Waals surface area contributed by atoms with Crippen molar-refractivity contribution >= 4 is 11.8 Å². The fourth-order valence-electron chi connectivity index (χ4n) is 1.21. The molecule has 0 aromatic rings. The Labute approximate surface area is 96.6 Å². The molecule has 5 heteroatoms. The molecule has 0 rings (SSSR count). The predicted molar refractivity (Wildman–Crippen MR) is 61.8 cm³/mol. The van der Waals surface area contributed by atoms with Crippen molar-refractivity contribution in [1.82, 2.24) is 10.6 Å². The topological polar surface area (TPSA) is 78.4 Å². The molecular weight excluding hydrogens is 208 g/mol. The number of carbonyl (C=O) groups is 2. The van der Waals surface area contributed by atoms with Crippen molar-refractivity contribution in [2.75, 3.05) is 19.7 Å². The van der Waals surface area contributed by atoms with Crippen molar-refractivity contribution in [2.24, 2.45) is 5.92 Å². The summed E-state index contributed by atoms with van der Waals surface area (Å²) in [4.78, 5) is 21.8. The molecule has 16 heavy (non-hydrogen) atoms. The molecule has 0 radical (unpaired) electrons. The maximum absolute atomic E-state index is 11.2. The van der Waals surface area contributed by atoms with Crippen LogP contribution in [-0.2, 0) is 9.59 Å². The summed E-state index contributed by atoms with van der Waals surface area (Å²) in [5.41, 5.74) is 0. The molecule has 0 aliphatic carbocycles. The van der Waals surface area contributed by atoms with Crippen molar-refractivity contribution in [3.05, 3.63) is 0 Å². The van der Waals surface area contributed by atoms with E-state index >= 15 is 0 Å². The summed E-state index contributed by atoms with van der Waals surface area (Å²) in [7, 11) is 0. The Morgan fingerprint density at radius 1 is 1.25 bits per heavy atom. The molecule has 5 nitrogen and oxygen atoms in total. The average molecular weight is 230 g/mol. The van der Waals surface area contributed by atoms with E-state index in [4.69, 9.17) is 5.11 Å². The van der Waals surface area contributed by atoms with Gasteiger partial charge in [-0.15, -0.1) is 0 Å². The zero-order valence-electron chi connectivity index (χ0n) is 10.1. The first-order chi connectivity index (χ1) is 7.56. The normalized spacial score (nSPS) is 11.9. The smallest absolute Gasteiger partial charge is 0.221 e. The summed E-state index contributed by atoms with van der Waals surface area (Å²) in [6.07, 6.45) is 2.09. The first-order valence-electron chi connectivity index (χ1n) is 5.68. The molecule has 2 amide bonds. The quantitative estimate of drug-likeness (QED) is 0.515. The second-order valence-corrected chi connectivity index (χ2v) is 4.01. The van der Waals surface area contributed by atoms with Crippen LogP contribution >= 0.6 is 0 Å². The van der Waals surface area contributed by atoms with Crippen LogP contribution in [0, 0.1) is 5.92 Å². The van der Waals surface area contributed by atoms with Crippen molar-refractivity contribution in [2.45, 2.75) is 33.1 Å². The van der Waals surface area contributed by atoms with E-state index in [1.54, 1.807) is 0 Å². The number of aliphatic hydroxyl groups excluding tert-OH is 1. The second kappa shape index (κ2) is 9.15. The van der Waals surface area contributed by atoms with Gasteiger partial charge in [-0.25, -0.2) is 0 Å². The fourth-order valence-corrected chi connectivity index (χ4v) is 1.21. The summed E-state index contributed by atoms with van der Waals surface area (Å²) < 4.78 is 0. The molecule has 0 saturated heterocycles. The van der Waals surface area contributed by atoms with Crippen LogP contribution in [0.25, 0.3) is 0 Å². The minimum atomic E-state index is -0.121. The van der Waals surface area contributed by atoms with Crippen LogP contribution in [0.1, 0.15) is 33.1 Å². The Hall–Kier alpha value is -1.10. The number of hydrogen-bond acceptors (Lipinski definition) is 3. The summed E-state index contributed by atoms with van der Waals surface area (Å²) in [5, 5.41) is 14.1. The molecule has 0 spiro atoms. The summed E-state index contributed by atoms with van der Waals surface area (Å²) in [6, 6.07) is 0. The highest BCUT2D eigenvalue weighted by molar-refractivity contribution is 5.77. The summed E-state index contributed by atoms with van der Waals surface area (Å²) in [6.45, 7) is 4.60. The molecule has 0 fully saturated rings. The van der Waals surface area contributed by atoms with Crippen LogP contribution in [-0.4, -0.2) is 36.6 Å². The number of carbonyl (C=O) groups excluding carboxylic acids is 2. The monoisotopic (exact) mass is 230 g/mol. The maximum Gasteiger partial charge on any atom is 0.221 e. The van der Waals surface area contributed by atoms with Gasteiger partial charge in [0.2, 0.25) is 11.8 Å². The lowest BCUT2D eigenvalue weighted by molar-refractivity contribution is -0.121. The summed E-state index contributed by atoms with van der Waals surface area (Å²) in [5.74, 6) is 0.117. The molecule has 94 valence electrons. The van der Waals surface area contributed by atoms with Crippen LogP contribution in [0.15, 0.2) is 0 Å². The number of aliphatic hydroxyl groups is 1. The molecule has 0 aromatic carbocycles. The Balaban J connectivity index is 3.33. The third kappa shape index (κ3) is 9.45. The first-order valence-corrected chi connectivity index (χ1v) is 5.68. The van der Waals surface area contributed by atoms with E-state index in [-0.39, 0.29) is 24.3 Å². The number of nitrogens with one attached hydrogen (secondary N) is 2. The van der Waals surface area contributed by atoms with Crippen molar-refractivity contribution in [3.8, 4) is 0 Å². The summed E-state index contributed by atoms with van der Waals surface area (Å²) >= 11 is 0. The minimum Gasteiger partial charge on any atom is -0.396 e. The molecule has 3 N–H and O–H groups in total. The van der Waals surface area contributed by atoms with Gasteiger partial charge in [0.05, 0.1) is 0 Å². The lowest BCUT2D eigenvalue weighted by Crippen LogP contribution is -2.30. The third-order valence-corrected chi connectivity index (χ3v) is 2.23. The van der Waals surface area contributed by atoms with Gasteiger partial charge in [0.1, 0.15) is 0 Å². The standard InChI is InChI=1S/C11H22N2O3/c1-9(8-14)4-3-6-13-11(16)5-7-12-10(2)15/h9,14H,3-8H2,1-2H3,(H,12,15)(H,13,16). The zero-order chi connectivity index (χ0) is 12.4. The van der Waals surface area contributed by atoms with E-state index in [2.05, 4.69) is 10.6 Å². The van der Waals surface area contributed by atoms with Gasteiger partial charge >= 0.3 is 0 Å². The van der Waals surface area contributed by atoms with Gasteiger partial charge in [-0.1, -0.05) is 6.92 Å². The van der Waals surface area contributed by atoms with Crippen molar-refractivity contribution in [3.63, 3.8) is 0 Å². The van der Waals surface area contributed by atoms with E-state index in [1.807, 2.05) is 6.92 Å². The van der Waals surface area contributed by atoms with Gasteiger partial charge in [0, 0.05) is 33.0 Å². The highest BCUT2D eigenvalue weighted by atomic mass is 16.3. The van der Waals surface area contributed by atoms with Crippen LogP contribution in [0.4, 0.5) is 0 Å². The highest BCUT2D eigenvalue weighted by Crippen LogP contribution is 2.02. The van der Waals surface area contributed by atoms with Crippen molar-refractivity contribution in [1.29, 1.82) is 0 Å². The molecule has 1 unspecified atom stereocenters. The molecule has 0 bridgehead atoms. The van der Waals surface area contributed by atoms with E-state index in [0.29, 0.717) is 19.5 Å². The molecular formula is C11H22N2O3. The van der Waals surface area contributed by atoms with Crippen LogP contribution in [0.2, 0.25) is 0 Å². The molecule has 0 saturated carbocycles. The molecule has 0 aliphatic heterocycles. The van der Waals surface area contributed by atoms with Crippen LogP contribution in [0.5, 0.6) is 0 Å². The lowest BCUT2D eigenvalue weighted by Gasteiger charge is -2.08. The van der Waals surface area contributed by atoms with Gasteiger partial charge in [-0.3, -0.25) is 9.59 Å². The average Bonchev–Trinajstić information content (AvgIpc) is 2.23. The highest BCUT2D eigenvalue weighted by Gasteiger charge is 2.02. The van der Waals surface area contributed by atoms with Crippen LogP contribution < -0.4 is 10.6 Å². The fraction of sp³-hybridized carbons (Fsp3) is 0.818. The first kappa shape index (κ1) is 14.9. The largest absolute Gasteiger partial charge is 0.396 e. The van der Waals surface area contributed by atoms with Crippen LogP contribution in [0.3, 0.4) is 0 Å². The Morgan fingerprint density at radius 2 is 1.94 bits per heavy atom. The van der Waals surface area contributed by atoms with E-state index < -0.39 is 0 Å². The minimum absolute atomic E-state index is 0.0506. The van der Waals surface area contributed by atoms with E-state index in [1.165, 1.54) is 6.92 Å². The number of amides is 2. The molecule has 1 atom stereocenters. The van der Waals surface area contributed by atoms with E-state index in [0.717, 1.165) is 12.8 Å². The number of hydrogen-bond donors (Lipinski definition) is 3. The van der Waals surface area contributed by atoms with Gasteiger partial charge in [0.15, 0.2) is 0 Å². The van der Waals surface area contributed by atoms with Gasteiger partial charge in [-0.2, -0.15) is 0 Å². The van der Waals surface area contributed by atoms with E-state index in [9.17, 15) is 9.59 Å². The van der Waals surface area contributed by atoms with Crippen molar-refractivity contribution < 1.29 is 14.7 Å². The predicted octanol–water partition coefficient (Wildman–Crippen LogP) is 0.0374. The lowest BCUT2D eigenvalue weighted by atomic mass is 10.1. The maximum atomic E-state index is 11.2. The molecule has 0 aliphatic rings. The SMILES string of the molecule is CC(=O)NCCC(=O)NCCCC(C)CO. The Bertz CT molecular complexity index is 219. The molecule has 0 heterocycles. The van der Waals surface area contributed by atoms with Gasteiger partial charge in [0.25, 0.3) is 0 Å². The Morgan fingerprint density at radius 3 is 2.50 bits per heavy atom. The number of rotatable bonds is 8. The van der Waals surface area contributed by atoms with Gasteiger partial charge in [-0.05, 0) is 18.8 Å². The van der Waals surface area contributed by atoms with Gasteiger partial charge < -0.3 is 15.7 Å². The molecule has 0 aromatic heterocycles. The third-order valence-electron chi connectivity index (χ3n) is 2.23. The Kier molecular flexibility index (Phi) is 8.52.